The van der Waals surface area contributed by atoms with Crippen molar-refractivity contribution in [2.24, 2.45) is 0 Å². The highest BCUT2D eigenvalue weighted by atomic mass is 79.9. The lowest BCUT2D eigenvalue weighted by Crippen LogP contribution is -2.48. The number of aromatic nitrogens is 3. The fourth-order valence-corrected chi connectivity index (χ4v) is 3.46. The van der Waals surface area contributed by atoms with Crippen LogP contribution in [-0.2, 0) is 12.1 Å². The Labute approximate surface area is 154 Å². The molecule has 1 fully saturated rings. The molecular weight excluding hydrogens is 382 g/mol. The predicted molar refractivity (Wildman–Crippen MR) is 97.1 cm³/mol. The number of halogens is 1. The molecule has 1 atom stereocenters. The van der Waals surface area contributed by atoms with Gasteiger partial charge in [0.15, 0.2) is 0 Å². The van der Waals surface area contributed by atoms with Crippen LogP contribution in [0.3, 0.4) is 0 Å². The average Bonchev–Trinajstić information content (AvgIpc) is 3.23. The molecule has 0 bridgehead atoms. The van der Waals surface area contributed by atoms with Crippen LogP contribution >= 0.6 is 15.9 Å². The molecule has 0 saturated heterocycles. The van der Waals surface area contributed by atoms with Gasteiger partial charge in [-0.25, -0.2) is 9.67 Å². The summed E-state index contributed by atoms with van der Waals surface area (Å²) in [6.45, 7) is 0.279. The van der Waals surface area contributed by atoms with Gasteiger partial charge in [-0.3, -0.25) is 0 Å². The van der Waals surface area contributed by atoms with E-state index < -0.39 is 11.2 Å². The fraction of sp³-hybridized carbons (Fsp3) is 0.263. The summed E-state index contributed by atoms with van der Waals surface area (Å²) < 4.78 is 8.90. The van der Waals surface area contributed by atoms with E-state index in [0.29, 0.717) is 0 Å². The summed E-state index contributed by atoms with van der Waals surface area (Å²) in [5.74, 6) is 0.758. The van der Waals surface area contributed by atoms with Crippen molar-refractivity contribution in [2.45, 2.75) is 30.6 Å². The van der Waals surface area contributed by atoms with Crippen molar-refractivity contribution in [3.05, 3.63) is 77.3 Å². The third-order valence-electron chi connectivity index (χ3n) is 4.69. The van der Waals surface area contributed by atoms with Crippen molar-refractivity contribution in [3.63, 3.8) is 0 Å². The van der Waals surface area contributed by atoms with Crippen molar-refractivity contribution in [1.29, 1.82) is 0 Å². The maximum absolute atomic E-state index is 11.8. The highest BCUT2D eigenvalue weighted by Gasteiger charge is 2.62. The number of nitrogens with zero attached hydrogens (tertiary/aromatic N) is 3. The summed E-state index contributed by atoms with van der Waals surface area (Å²) >= 11 is 3.45. The van der Waals surface area contributed by atoms with Gasteiger partial charge in [0.25, 0.3) is 0 Å². The second kappa shape index (κ2) is 6.28. The minimum atomic E-state index is -1.21. The monoisotopic (exact) mass is 399 g/mol. The first-order chi connectivity index (χ1) is 12.1. The lowest BCUT2D eigenvalue weighted by molar-refractivity contribution is -0.0981. The largest absolute Gasteiger partial charge is 0.484 e. The van der Waals surface area contributed by atoms with Crippen LogP contribution in [0, 0.1) is 0 Å². The summed E-state index contributed by atoms with van der Waals surface area (Å²) in [5, 5.41) is 15.9. The number of aliphatic hydroxyl groups is 1. The van der Waals surface area contributed by atoms with Gasteiger partial charge in [-0.05, 0) is 42.7 Å². The molecule has 5 nitrogen and oxygen atoms in total. The third-order valence-corrected chi connectivity index (χ3v) is 5.22. The summed E-state index contributed by atoms with van der Waals surface area (Å²) in [6.07, 6.45) is 4.65. The topological polar surface area (TPSA) is 60.2 Å². The Bertz CT molecular complexity index is 833. The molecule has 25 heavy (non-hydrogen) atoms. The van der Waals surface area contributed by atoms with E-state index in [0.717, 1.165) is 28.6 Å². The van der Waals surface area contributed by atoms with Gasteiger partial charge in [0.1, 0.15) is 29.6 Å². The van der Waals surface area contributed by atoms with E-state index in [1.807, 2.05) is 54.6 Å². The molecule has 2 aromatic carbocycles. The van der Waals surface area contributed by atoms with Gasteiger partial charge in [-0.15, -0.1) is 0 Å². The third kappa shape index (κ3) is 3.07. The molecular formula is C19H18BrN3O2. The number of rotatable bonds is 6. The Balaban J connectivity index is 1.73. The van der Waals surface area contributed by atoms with E-state index in [2.05, 4.69) is 26.0 Å². The lowest BCUT2D eigenvalue weighted by atomic mass is 9.85. The van der Waals surface area contributed by atoms with Crippen LogP contribution < -0.4 is 4.74 Å². The molecule has 0 spiro atoms. The first-order valence-electron chi connectivity index (χ1n) is 8.16. The Hall–Kier alpha value is -2.18. The number of para-hydroxylation sites is 1. The SMILES string of the molecule is OC(Cn1cncn1)(c1ccc(Br)cc1)C1(Oc2ccccc2)CC1. The fourth-order valence-electron chi connectivity index (χ4n) is 3.20. The number of ether oxygens (including phenoxy) is 1. The molecule has 1 aromatic heterocycles. The van der Waals surface area contributed by atoms with Crippen LogP contribution in [0.5, 0.6) is 5.75 Å². The molecule has 1 N–H and O–H groups in total. The van der Waals surface area contributed by atoms with E-state index in [4.69, 9.17) is 4.74 Å². The van der Waals surface area contributed by atoms with Gasteiger partial charge >= 0.3 is 0 Å². The summed E-state index contributed by atoms with van der Waals surface area (Å²) in [4.78, 5) is 3.99. The van der Waals surface area contributed by atoms with Crippen LogP contribution in [0.1, 0.15) is 18.4 Å². The summed E-state index contributed by atoms with van der Waals surface area (Å²) in [6, 6.07) is 17.4. The zero-order valence-electron chi connectivity index (χ0n) is 13.5. The number of hydrogen-bond donors (Lipinski definition) is 1. The van der Waals surface area contributed by atoms with Crippen LogP contribution in [-0.4, -0.2) is 25.5 Å². The molecule has 1 heterocycles. The van der Waals surface area contributed by atoms with Crippen molar-refractivity contribution in [2.75, 3.05) is 0 Å². The molecule has 3 aromatic rings. The van der Waals surface area contributed by atoms with Crippen molar-refractivity contribution < 1.29 is 9.84 Å². The predicted octanol–water partition coefficient (Wildman–Crippen LogP) is 3.54. The van der Waals surface area contributed by atoms with Gasteiger partial charge in [0.05, 0.1) is 6.54 Å². The van der Waals surface area contributed by atoms with E-state index >= 15 is 0 Å². The van der Waals surface area contributed by atoms with Gasteiger partial charge < -0.3 is 9.84 Å². The molecule has 4 rings (SSSR count). The van der Waals surface area contributed by atoms with E-state index in [-0.39, 0.29) is 6.54 Å². The van der Waals surface area contributed by atoms with E-state index in [1.165, 1.54) is 6.33 Å². The van der Waals surface area contributed by atoms with Crippen LogP contribution in [0.4, 0.5) is 0 Å². The smallest absolute Gasteiger partial charge is 0.149 e. The van der Waals surface area contributed by atoms with E-state index in [9.17, 15) is 5.11 Å². The zero-order valence-corrected chi connectivity index (χ0v) is 15.1. The first-order valence-corrected chi connectivity index (χ1v) is 8.96. The molecule has 1 aliphatic carbocycles. The number of hydrogen-bond acceptors (Lipinski definition) is 4. The standard InChI is InChI=1S/C19H18BrN3O2/c20-16-8-6-15(7-9-16)19(24,12-23-14-21-13-22-23)18(10-11-18)25-17-4-2-1-3-5-17/h1-9,13-14,24H,10-12H2. The second-order valence-corrected chi connectivity index (χ2v) is 7.29. The zero-order chi connectivity index (χ0) is 17.3. The van der Waals surface area contributed by atoms with Crippen molar-refractivity contribution in [1.82, 2.24) is 14.8 Å². The Kier molecular flexibility index (Phi) is 4.09. The lowest BCUT2D eigenvalue weighted by Gasteiger charge is -2.37. The first kappa shape index (κ1) is 16.3. The molecule has 1 saturated carbocycles. The Morgan fingerprint density at radius 2 is 1.84 bits per heavy atom. The molecule has 128 valence electrons. The van der Waals surface area contributed by atoms with Gasteiger partial charge in [-0.2, -0.15) is 5.10 Å². The van der Waals surface area contributed by atoms with Crippen LogP contribution in [0.15, 0.2) is 71.7 Å². The van der Waals surface area contributed by atoms with Gasteiger partial charge in [0.2, 0.25) is 0 Å². The normalized spacial score (nSPS) is 17.7. The van der Waals surface area contributed by atoms with Crippen molar-refractivity contribution in [3.8, 4) is 5.75 Å². The molecule has 0 aliphatic heterocycles. The molecule has 6 heteroatoms. The summed E-state index contributed by atoms with van der Waals surface area (Å²) in [5.41, 5.74) is -1.08. The van der Waals surface area contributed by atoms with Gasteiger partial charge in [0, 0.05) is 4.47 Å². The number of benzene rings is 2. The van der Waals surface area contributed by atoms with Gasteiger partial charge in [-0.1, -0.05) is 46.3 Å². The van der Waals surface area contributed by atoms with Crippen LogP contribution in [0.25, 0.3) is 0 Å². The Morgan fingerprint density at radius 3 is 2.44 bits per heavy atom. The van der Waals surface area contributed by atoms with Crippen LogP contribution in [0.2, 0.25) is 0 Å². The molecule has 1 unspecified atom stereocenters. The molecule has 0 amide bonds. The molecule has 0 radical (unpaired) electrons. The Morgan fingerprint density at radius 1 is 1.12 bits per heavy atom. The molecule has 1 aliphatic rings. The highest BCUT2D eigenvalue weighted by Crippen LogP contribution is 2.53. The average molecular weight is 400 g/mol. The van der Waals surface area contributed by atoms with E-state index in [1.54, 1.807) is 11.0 Å². The second-order valence-electron chi connectivity index (χ2n) is 6.37. The van der Waals surface area contributed by atoms with Crippen molar-refractivity contribution >= 4 is 15.9 Å². The quantitative estimate of drug-likeness (QED) is 0.688. The maximum Gasteiger partial charge on any atom is 0.149 e. The minimum Gasteiger partial charge on any atom is -0.484 e. The minimum absolute atomic E-state index is 0.279. The maximum atomic E-state index is 11.8. The highest BCUT2D eigenvalue weighted by molar-refractivity contribution is 9.10. The summed E-state index contributed by atoms with van der Waals surface area (Å²) in [7, 11) is 0.